The minimum Gasteiger partial charge on any atom is -0.353 e. The standard InChI is InChI=1S/C39H46N2/c1-5-8-12-21-32(7-3)30-41(31(4)20-9-6-2)38-29-18-17-28-37(38)40-39-35(33-22-13-10-14-23-33)26-19-27-36(39)34-24-15-11-16-25-34/h8,10-19,22-29,32,40H,4-7,9,20-21,30H2,1-3H3/b12-8-. The summed E-state index contributed by atoms with van der Waals surface area (Å²) in [4.78, 5) is 2.49. The second-order valence-corrected chi connectivity index (χ2v) is 10.8. The van der Waals surface area contributed by atoms with E-state index in [-0.39, 0.29) is 0 Å². The van der Waals surface area contributed by atoms with Gasteiger partial charge in [-0.05, 0) is 54.9 Å². The molecule has 4 aromatic rings. The number of rotatable bonds is 15. The van der Waals surface area contributed by atoms with E-state index in [1.807, 2.05) is 0 Å². The maximum Gasteiger partial charge on any atom is 0.0647 e. The van der Waals surface area contributed by atoms with E-state index < -0.39 is 0 Å². The highest BCUT2D eigenvalue weighted by molar-refractivity contribution is 5.94. The fraction of sp³-hybridized carbons (Fsp3) is 0.282. The SMILES string of the molecule is C=C(CCCC)N(CC(CC)C/C=C\CC)c1ccccc1Nc1c(-c2ccccc2)cccc1-c1ccccc1. The van der Waals surface area contributed by atoms with Gasteiger partial charge in [-0.15, -0.1) is 0 Å². The lowest BCUT2D eigenvalue weighted by molar-refractivity contribution is 0.513. The molecule has 0 amide bonds. The molecule has 1 unspecified atom stereocenters. The van der Waals surface area contributed by atoms with Crippen molar-refractivity contribution < 1.29 is 0 Å². The summed E-state index contributed by atoms with van der Waals surface area (Å²) in [6, 6.07) is 36.7. The number of allylic oxidation sites excluding steroid dienone is 3. The van der Waals surface area contributed by atoms with Crippen LogP contribution in [-0.4, -0.2) is 6.54 Å². The molecule has 0 heterocycles. The predicted octanol–water partition coefficient (Wildman–Crippen LogP) is 11.7. The van der Waals surface area contributed by atoms with E-state index in [4.69, 9.17) is 0 Å². The first-order valence-electron chi connectivity index (χ1n) is 15.4. The molecule has 0 bridgehead atoms. The molecule has 4 rings (SSSR count). The molecule has 1 N–H and O–H groups in total. The molecule has 0 saturated heterocycles. The summed E-state index contributed by atoms with van der Waals surface area (Å²) in [7, 11) is 0. The first kappa shape index (κ1) is 29.9. The number of anilines is 3. The lowest BCUT2D eigenvalue weighted by Gasteiger charge is -2.33. The molecule has 2 nitrogen and oxygen atoms in total. The third-order valence-electron chi connectivity index (χ3n) is 7.78. The van der Waals surface area contributed by atoms with Crippen LogP contribution in [0.5, 0.6) is 0 Å². The number of benzene rings is 4. The Labute approximate surface area is 248 Å². The average Bonchev–Trinajstić information content (AvgIpc) is 3.03. The van der Waals surface area contributed by atoms with E-state index in [9.17, 15) is 0 Å². The fourth-order valence-electron chi connectivity index (χ4n) is 5.35. The smallest absolute Gasteiger partial charge is 0.0647 e. The van der Waals surface area contributed by atoms with Gasteiger partial charge in [0.25, 0.3) is 0 Å². The molecule has 4 aromatic carbocycles. The quantitative estimate of drug-likeness (QED) is 0.150. The van der Waals surface area contributed by atoms with Crippen LogP contribution in [0.4, 0.5) is 17.1 Å². The summed E-state index contributed by atoms with van der Waals surface area (Å²) in [5.41, 5.74) is 9.38. The maximum absolute atomic E-state index is 4.61. The predicted molar refractivity (Wildman–Crippen MR) is 181 cm³/mol. The highest BCUT2D eigenvalue weighted by Crippen LogP contribution is 2.41. The number of unbranched alkanes of at least 4 members (excludes halogenated alkanes) is 1. The van der Waals surface area contributed by atoms with Crippen LogP contribution in [0.1, 0.15) is 59.3 Å². The normalized spacial score (nSPS) is 11.9. The van der Waals surface area contributed by atoms with Crippen molar-refractivity contribution in [2.45, 2.75) is 59.3 Å². The second-order valence-electron chi connectivity index (χ2n) is 10.8. The Hall–Kier alpha value is -4.04. The zero-order chi connectivity index (χ0) is 28.9. The van der Waals surface area contributed by atoms with Gasteiger partial charge in [-0.25, -0.2) is 0 Å². The molecule has 0 spiro atoms. The molecule has 0 aromatic heterocycles. The van der Waals surface area contributed by atoms with Gasteiger partial charge >= 0.3 is 0 Å². The molecule has 2 heteroatoms. The lowest BCUT2D eigenvalue weighted by Crippen LogP contribution is -2.29. The van der Waals surface area contributed by atoms with Gasteiger partial charge in [-0.3, -0.25) is 0 Å². The van der Waals surface area contributed by atoms with Crippen molar-refractivity contribution in [3.63, 3.8) is 0 Å². The molecule has 0 aliphatic rings. The van der Waals surface area contributed by atoms with Gasteiger partial charge in [-0.2, -0.15) is 0 Å². The van der Waals surface area contributed by atoms with E-state index in [1.54, 1.807) is 0 Å². The van der Waals surface area contributed by atoms with Crippen LogP contribution >= 0.6 is 0 Å². The number of nitrogens with one attached hydrogen (secondary N) is 1. The number of nitrogens with zero attached hydrogens (tertiary/aromatic N) is 1. The van der Waals surface area contributed by atoms with Crippen LogP contribution in [0.15, 0.2) is 128 Å². The van der Waals surface area contributed by atoms with Crippen molar-refractivity contribution in [1.82, 2.24) is 0 Å². The minimum atomic E-state index is 0.556. The van der Waals surface area contributed by atoms with Crippen molar-refractivity contribution >= 4 is 17.1 Å². The van der Waals surface area contributed by atoms with E-state index in [2.05, 4.69) is 153 Å². The highest BCUT2D eigenvalue weighted by atomic mass is 15.2. The highest BCUT2D eigenvalue weighted by Gasteiger charge is 2.20. The van der Waals surface area contributed by atoms with Gasteiger partial charge in [0.1, 0.15) is 0 Å². The third kappa shape index (κ3) is 8.01. The van der Waals surface area contributed by atoms with E-state index >= 15 is 0 Å². The zero-order valence-electron chi connectivity index (χ0n) is 25.2. The molecule has 0 aliphatic carbocycles. The minimum absolute atomic E-state index is 0.556. The first-order chi connectivity index (χ1) is 20.2. The summed E-state index contributed by atoms with van der Waals surface area (Å²) in [5, 5.41) is 3.94. The molecule has 0 saturated carbocycles. The largest absolute Gasteiger partial charge is 0.353 e. The topological polar surface area (TPSA) is 15.3 Å². The lowest BCUT2D eigenvalue weighted by atomic mass is 9.95. The van der Waals surface area contributed by atoms with Crippen molar-refractivity contribution in [3.8, 4) is 22.3 Å². The summed E-state index contributed by atoms with van der Waals surface area (Å²) >= 11 is 0. The molecule has 41 heavy (non-hydrogen) atoms. The van der Waals surface area contributed by atoms with Crippen LogP contribution in [0.2, 0.25) is 0 Å². The number of hydrogen-bond acceptors (Lipinski definition) is 2. The second kappa shape index (κ2) is 15.7. The van der Waals surface area contributed by atoms with Crippen molar-refractivity contribution in [1.29, 1.82) is 0 Å². The Morgan fingerprint density at radius 1 is 0.756 bits per heavy atom. The fourth-order valence-corrected chi connectivity index (χ4v) is 5.35. The van der Waals surface area contributed by atoms with E-state index in [1.165, 1.54) is 33.6 Å². The van der Waals surface area contributed by atoms with Crippen LogP contribution < -0.4 is 10.2 Å². The van der Waals surface area contributed by atoms with Crippen LogP contribution in [0.3, 0.4) is 0 Å². The summed E-state index contributed by atoms with van der Waals surface area (Å²) in [6.45, 7) is 12.3. The van der Waals surface area contributed by atoms with E-state index in [0.29, 0.717) is 5.92 Å². The Kier molecular flexibility index (Phi) is 11.4. The summed E-state index contributed by atoms with van der Waals surface area (Å²) in [6.07, 6.45) is 11.3. The molecular weight excluding hydrogens is 496 g/mol. The maximum atomic E-state index is 4.61. The molecule has 1 atom stereocenters. The molecule has 0 radical (unpaired) electrons. The van der Waals surface area contributed by atoms with Crippen molar-refractivity contribution in [3.05, 3.63) is 128 Å². The zero-order valence-corrected chi connectivity index (χ0v) is 25.2. The van der Waals surface area contributed by atoms with Crippen molar-refractivity contribution in [2.24, 2.45) is 5.92 Å². The first-order valence-corrected chi connectivity index (χ1v) is 15.4. The Morgan fingerprint density at radius 3 is 1.95 bits per heavy atom. The van der Waals surface area contributed by atoms with Gasteiger partial charge in [0, 0.05) is 23.4 Å². The van der Waals surface area contributed by atoms with Crippen LogP contribution in [0, 0.1) is 5.92 Å². The average molecular weight is 543 g/mol. The summed E-state index contributed by atoms with van der Waals surface area (Å²) in [5.74, 6) is 0.556. The molecular formula is C39H46N2. The van der Waals surface area contributed by atoms with Gasteiger partial charge < -0.3 is 10.2 Å². The molecule has 0 fully saturated rings. The molecule has 0 aliphatic heterocycles. The third-order valence-corrected chi connectivity index (χ3v) is 7.78. The van der Waals surface area contributed by atoms with Gasteiger partial charge in [0.2, 0.25) is 0 Å². The number of para-hydroxylation sites is 3. The Bertz CT molecular complexity index is 1330. The van der Waals surface area contributed by atoms with Crippen LogP contribution in [-0.2, 0) is 0 Å². The van der Waals surface area contributed by atoms with E-state index in [0.717, 1.165) is 56.4 Å². The van der Waals surface area contributed by atoms with Crippen molar-refractivity contribution in [2.75, 3.05) is 16.8 Å². The Balaban J connectivity index is 1.80. The Morgan fingerprint density at radius 2 is 1.37 bits per heavy atom. The van der Waals surface area contributed by atoms with Gasteiger partial charge in [0.05, 0.1) is 17.1 Å². The van der Waals surface area contributed by atoms with Crippen LogP contribution in [0.25, 0.3) is 22.3 Å². The monoisotopic (exact) mass is 542 g/mol. The molecule has 212 valence electrons. The van der Waals surface area contributed by atoms with Gasteiger partial charge in [0.15, 0.2) is 0 Å². The van der Waals surface area contributed by atoms with Gasteiger partial charge in [-0.1, -0.05) is 143 Å². The number of hydrogen-bond donors (Lipinski definition) is 1. The summed E-state index contributed by atoms with van der Waals surface area (Å²) < 4.78 is 0.